The van der Waals surface area contributed by atoms with Gasteiger partial charge in [-0.25, -0.2) is 0 Å². The molecule has 92 valence electrons. The number of amides is 1. The summed E-state index contributed by atoms with van der Waals surface area (Å²) in [7, 11) is 0. The first-order valence-corrected chi connectivity index (χ1v) is 6.55. The normalized spacial score (nSPS) is 10.1. The van der Waals surface area contributed by atoms with Gasteiger partial charge in [-0.05, 0) is 52.4 Å². The van der Waals surface area contributed by atoms with Crippen LogP contribution >= 0.6 is 22.6 Å². The average Bonchev–Trinajstić information content (AvgIpc) is 2.35. The predicted molar refractivity (Wildman–Crippen MR) is 79.6 cm³/mol. The van der Waals surface area contributed by atoms with E-state index in [1.54, 1.807) is 24.3 Å². The molecule has 0 saturated heterocycles. The molecule has 2 rings (SSSR count). The minimum Gasteiger partial charge on any atom is -0.508 e. The summed E-state index contributed by atoms with van der Waals surface area (Å²) in [6.07, 6.45) is 0.297. The molecule has 4 heteroatoms. The molecule has 0 saturated carbocycles. The van der Waals surface area contributed by atoms with Crippen LogP contribution in [0.2, 0.25) is 0 Å². The van der Waals surface area contributed by atoms with E-state index in [0.717, 1.165) is 14.8 Å². The number of rotatable bonds is 3. The Labute approximate surface area is 119 Å². The Hall–Kier alpha value is -1.56. The zero-order chi connectivity index (χ0) is 13.0. The number of benzene rings is 2. The lowest BCUT2D eigenvalue weighted by molar-refractivity contribution is -0.115. The van der Waals surface area contributed by atoms with Crippen LogP contribution in [-0.2, 0) is 11.2 Å². The lowest BCUT2D eigenvalue weighted by Crippen LogP contribution is -2.15. The summed E-state index contributed by atoms with van der Waals surface area (Å²) < 4.78 is 1.01. The zero-order valence-corrected chi connectivity index (χ0v) is 11.7. The maximum absolute atomic E-state index is 11.8. The second kappa shape index (κ2) is 5.86. The number of carbonyl (C=O) groups is 1. The van der Waals surface area contributed by atoms with Gasteiger partial charge in [0.1, 0.15) is 5.75 Å². The molecule has 0 fully saturated rings. The summed E-state index contributed by atoms with van der Waals surface area (Å²) in [5, 5.41) is 12.0. The lowest BCUT2D eigenvalue weighted by Gasteiger charge is -2.07. The molecule has 0 bridgehead atoms. The molecule has 0 heterocycles. The molecular formula is C14H12INO2. The minimum absolute atomic E-state index is 0.0650. The molecule has 0 aromatic heterocycles. The Kier molecular flexibility index (Phi) is 4.19. The third kappa shape index (κ3) is 3.46. The molecule has 18 heavy (non-hydrogen) atoms. The SMILES string of the molecule is O=C(Cc1ccc(O)cc1)Nc1ccccc1I. The Balaban J connectivity index is 2.01. The van der Waals surface area contributed by atoms with E-state index in [-0.39, 0.29) is 11.7 Å². The fraction of sp³-hybridized carbons (Fsp3) is 0.0714. The number of hydrogen-bond donors (Lipinski definition) is 2. The topological polar surface area (TPSA) is 49.3 Å². The molecule has 0 atom stereocenters. The van der Waals surface area contributed by atoms with E-state index in [9.17, 15) is 4.79 Å². The van der Waals surface area contributed by atoms with Crippen molar-refractivity contribution in [3.63, 3.8) is 0 Å². The van der Waals surface area contributed by atoms with Crippen molar-refractivity contribution in [3.05, 3.63) is 57.7 Å². The monoisotopic (exact) mass is 353 g/mol. The van der Waals surface area contributed by atoms with Gasteiger partial charge in [0.2, 0.25) is 5.91 Å². The molecule has 0 radical (unpaired) electrons. The summed E-state index contributed by atoms with van der Waals surface area (Å²) in [6.45, 7) is 0. The van der Waals surface area contributed by atoms with E-state index in [1.807, 2.05) is 24.3 Å². The fourth-order valence-corrected chi connectivity index (χ4v) is 2.08. The zero-order valence-electron chi connectivity index (χ0n) is 9.56. The van der Waals surface area contributed by atoms with E-state index < -0.39 is 0 Å². The van der Waals surface area contributed by atoms with Crippen molar-refractivity contribution in [2.24, 2.45) is 0 Å². The molecule has 1 amide bonds. The number of nitrogens with one attached hydrogen (secondary N) is 1. The van der Waals surface area contributed by atoms with Gasteiger partial charge in [0.15, 0.2) is 0 Å². The van der Waals surface area contributed by atoms with Crippen molar-refractivity contribution in [2.45, 2.75) is 6.42 Å². The highest BCUT2D eigenvalue weighted by Gasteiger charge is 2.06. The Morgan fingerprint density at radius 3 is 2.44 bits per heavy atom. The highest BCUT2D eigenvalue weighted by atomic mass is 127. The van der Waals surface area contributed by atoms with Gasteiger partial charge in [0.05, 0.1) is 12.1 Å². The van der Waals surface area contributed by atoms with Crippen molar-refractivity contribution in [2.75, 3.05) is 5.32 Å². The van der Waals surface area contributed by atoms with Gasteiger partial charge in [0.25, 0.3) is 0 Å². The maximum atomic E-state index is 11.8. The van der Waals surface area contributed by atoms with Crippen LogP contribution < -0.4 is 5.32 Å². The molecule has 0 aliphatic carbocycles. The highest BCUT2D eigenvalue weighted by molar-refractivity contribution is 14.1. The minimum atomic E-state index is -0.0650. The van der Waals surface area contributed by atoms with Crippen molar-refractivity contribution >= 4 is 34.2 Å². The molecule has 0 unspecified atom stereocenters. The quantitative estimate of drug-likeness (QED) is 0.833. The maximum Gasteiger partial charge on any atom is 0.228 e. The van der Waals surface area contributed by atoms with Crippen LogP contribution in [0.5, 0.6) is 5.75 Å². The third-order valence-corrected chi connectivity index (χ3v) is 3.39. The van der Waals surface area contributed by atoms with Gasteiger partial charge in [-0.1, -0.05) is 24.3 Å². The van der Waals surface area contributed by atoms with Gasteiger partial charge in [0, 0.05) is 3.57 Å². The van der Waals surface area contributed by atoms with E-state index in [2.05, 4.69) is 27.9 Å². The average molecular weight is 353 g/mol. The van der Waals surface area contributed by atoms with Crippen LogP contribution in [-0.4, -0.2) is 11.0 Å². The van der Waals surface area contributed by atoms with Crippen LogP contribution in [0.1, 0.15) is 5.56 Å². The van der Waals surface area contributed by atoms with Gasteiger partial charge in [-0.3, -0.25) is 4.79 Å². The number of phenolic OH excluding ortho intramolecular Hbond substituents is 1. The number of para-hydroxylation sites is 1. The summed E-state index contributed by atoms with van der Waals surface area (Å²) in [4.78, 5) is 11.8. The number of carbonyl (C=O) groups excluding carboxylic acids is 1. The molecule has 2 N–H and O–H groups in total. The highest BCUT2D eigenvalue weighted by Crippen LogP contribution is 2.17. The van der Waals surface area contributed by atoms with Crippen LogP contribution in [0.3, 0.4) is 0 Å². The lowest BCUT2D eigenvalue weighted by atomic mass is 10.1. The Bertz CT molecular complexity index is 552. The Morgan fingerprint density at radius 1 is 1.11 bits per heavy atom. The van der Waals surface area contributed by atoms with E-state index >= 15 is 0 Å². The summed E-state index contributed by atoms with van der Waals surface area (Å²) in [6, 6.07) is 14.3. The van der Waals surface area contributed by atoms with E-state index in [0.29, 0.717) is 6.42 Å². The molecular weight excluding hydrogens is 341 g/mol. The second-order valence-corrected chi connectivity index (χ2v) is 5.03. The van der Waals surface area contributed by atoms with Crippen LogP contribution in [0.25, 0.3) is 0 Å². The van der Waals surface area contributed by atoms with Gasteiger partial charge in [-0.2, -0.15) is 0 Å². The van der Waals surface area contributed by atoms with Gasteiger partial charge in [-0.15, -0.1) is 0 Å². The summed E-state index contributed by atoms with van der Waals surface area (Å²) >= 11 is 2.18. The van der Waals surface area contributed by atoms with Crippen LogP contribution in [0, 0.1) is 3.57 Å². The molecule has 2 aromatic rings. The summed E-state index contributed by atoms with van der Waals surface area (Å²) in [5.74, 6) is 0.140. The standard InChI is InChI=1S/C14H12INO2/c15-12-3-1-2-4-13(12)16-14(18)9-10-5-7-11(17)8-6-10/h1-8,17H,9H2,(H,16,18). The van der Waals surface area contributed by atoms with Crippen LogP contribution in [0.4, 0.5) is 5.69 Å². The molecule has 0 spiro atoms. The third-order valence-electron chi connectivity index (χ3n) is 2.45. The number of hydrogen-bond acceptors (Lipinski definition) is 2. The van der Waals surface area contributed by atoms with E-state index in [4.69, 9.17) is 5.11 Å². The first-order valence-electron chi connectivity index (χ1n) is 5.47. The summed E-state index contributed by atoms with van der Waals surface area (Å²) in [5.41, 5.74) is 1.69. The predicted octanol–water partition coefficient (Wildman–Crippen LogP) is 3.18. The smallest absolute Gasteiger partial charge is 0.228 e. The van der Waals surface area contributed by atoms with Gasteiger partial charge < -0.3 is 10.4 Å². The largest absolute Gasteiger partial charge is 0.508 e. The molecule has 2 aromatic carbocycles. The molecule has 0 aliphatic rings. The number of aromatic hydroxyl groups is 1. The van der Waals surface area contributed by atoms with Gasteiger partial charge >= 0.3 is 0 Å². The number of anilines is 1. The van der Waals surface area contributed by atoms with Crippen molar-refractivity contribution < 1.29 is 9.90 Å². The fourth-order valence-electron chi connectivity index (χ4n) is 1.56. The number of halogens is 1. The van der Waals surface area contributed by atoms with Crippen LogP contribution in [0.15, 0.2) is 48.5 Å². The first kappa shape index (κ1) is 12.9. The van der Waals surface area contributed by atoms with Crippen molar-refractivity contribution in [1.82, 2.24) is 0 Å². The molecule has 0 aliphatic heterocycles. The van der Waals surface area contributed by atoms with Crippen molar-refractivity contribution in [3.8, 4) is 5.75 Å². The van der Waals surface area contributed by atoms with Crippen molar-refractivity contribution in [1.29, 1.82) is 0 Å². The first-order chi connectivity index (χ1) is 8.65. The molecule has 3 nitrogen and oxygen atoms in total. The second-order valence-electron chi connectivity index (χ2n) is 3.87. The number of phenols is 1. The van der Waals surface area contributed by atoms with E-state index in [1.165, 1.54) is 0 Å². The Morgan fingerprint density at radius 2 is 1.78 bits per heavy atom.